The molecule has 0 radical (unpaired) electrons. The first-order valence-corrected chi connectivity index (χ1v) is 8.18. The Morgan fingerprint density at radius 1 is 0.958 bits per heavy atom. The van der Waals surface area contributed by atoms with Crippen molar-refractivity contribution in [3.63, 3.8) is 0 Å². The largest absolute Gasteiger partial charge is 0.493 e. The van der Waals surface area contributed by atoms with Crippen LogP contribution in [0, 0.1) is 0 Å². The summed E-state index contributed by atoms with van der Waals surface area (Å²) in [5.74, 6) is 1.23. The van der Waals surface area contributed by atoms with Gasteiger partial charge in [0.1, 0.15) is 5.75 Å². The van der Waals surface area contributed by atoms with Crippen molar-refractivity contribution < 1.29 is 4.74 Å². The van der Waals surface area contributed by atoms with Crippen LogP contribution in [-0.4, -0.2) is 16.6 Å². The van der Waals surface area contributed by atoms with Crippen LogP contribution in [0.4, 0.5) is 5.95 Å². The summed E-state index contributed by atoms with van der Waals surface area (Å²) in [5, 5.41) is 1.03. The van der Waals surface area contributed by atoms with E-state index in [0.717, 1.165) is 22.3 Å². The molecule has 0 aliphatic heterocycles. The van der Waals surface area contributed by atoms with E-state index in [0.29, 0.717) is 19.0 Å². The predicted molar refractivity (Wildman–Crippen MR) is 98.3 cm³/mol. The Kier molecular flexibility index (Phi) is 4.38. The van der Waals surface area contributed by atoms with Crippen LogP contribution in [0.1, 0.15) is 32.0 Å². The molecule has 0 bridgehead atoms. The Morgan fingerprint density at radius 2 is 1.67 bits per heavy atom. The second kappa shape index (κ2) is 6.48. The zero-order valence-corrected chi connectivity index (χ0v) is 14.4. The van der Waals surface area contributed by atoms with E-state index in [1.807, 2.05) is 42.5 Å². The average molecular weight is 321 g/mol. The van der Waals surface area contributed by atoms with Gasteiger partial charge in [0.05, 0.1) is 17.8 Å². The molecule has 0 spiro atoms. The number of nitrogens with zero attached hydrogens (tertiary/aromatic N) is 2. The summed E-state index contributed by atoms with van der Waals surface area (Å²) in [6.07, 6.45) is 0.686. The van der Waals surface area contributed by atoms with E-state index < -0.39 is 0 Å². The monoisotopic (exact) mass is 321 g/mol. The summed E-state index contributed by atoms with van der Waals surface area (Å²) < 4.78 is 6.06. The third-order valence-corrected chi connectivity index (χ3v) is 3.99. The van der Waals surface area contributed by atoms with Crippen LogP contribution in [0.15, 0.2) is 48.5 Å². The number of nitrogens with two attached hydrogens (primary N) is 1. The molecule has 124 valence electrons. The molecule has 2 N–H and O–H groups in total. The highest BCUT2D eigenvalue weighted by Crippen LogP contribution is 2.31. The van der Waals surface area contributed by atoms with Gasteiger partial charge in [0, 0.05) is 11.8 Å². The summed E-state index contributed by atoms with van der Waals surface area (Å²) in [7, 11) is 0. The lowest BCUT2D eigenvalue weighted by Crippen LogP contribution is -2.14. The summed E-state index contributed by atoms with van der Waals surface area (Å²) in [6, 6.07) is 16.1. The number of fused-ring (bicyclic) bond motifs is 1. The highest BCUT2D eigenvalue weighted by molar-refractivity contribution is 5.81. The zero-order chi connectivity index (χ0) is 17.2. The summed E-state index contributed by atoms with van der Waals surface area (Å²) in [4.78, 5) is 8.67. The van der Waals surface area contributed by atoms with Gasteiger partial charge < -0.3 is 10.5 Å². The van der Waals surface area contributed by atoms with E-state index in [1.54, 1.807) is 0 Å². The topological polar surface area (TPSA) is 61.0 Å². The molecule has 0 fully saturated rings. The van der Waals surface area contributed by atoms with Crippen molar-refractivity contribution >= 4 is 16.9 Å². The SMILES string of the molecule is CC(C)(C)c1ccccc1OCCc1nc(N)nc2ccccc12. The van der Waals surface area contributed by atoms with Crippen LogP contribution in [0.2, 0.25) is 0 Å². The second-order valence-electron chi connectivity index (χ2n) is 6.89. The number of aromatic nitrogens is 2. The van der Waals surface area contributed by atoms with Crippen LogP contribution in [0.25, 0.3) is 10.9 Å². The van der Waals surface area contributed by atoms with Gasteiger partial charge in [-0.3, -0.25) is 0 Å². The maximum atomic E-state index is 6.06. The third kappa shape index (κ3) is 3.48. The van der Waals surface area contributed by atoms with E-state index in [9.17, 15) is 0 Å². The third-order valence-electron chi connectivity index (χ3n) is 3.99. The Balaban J connectivity index is 1.79. The number of ether oxygens (including phenoxy) is 1. The summed E-state index contributed by atoms with van der Waals surface area (Å²) in [6.45, 7) is 7.11. The lowest BCUT2D eigenvalue weighted by Gasteiger charge is -2.22. The van der Waals surface area contributed by atoms with Crippen LogP contribution < -0.4 is 10.5 Å². The Hall–Kier alpha value is -2.62. The molecule has 0 aliphatic carbocycles. The molecular formula is C20H23N3O. The molecule has 0 saturated carbocycles. The molecule has 1 aromatic heterocycles. The number of hydrogen-bond donors (Lipinski definition) is 1. The fourth-order valence-corrected chi connectivity index (χ4v) is 2.82. The molecule has 1 heterocycles. The van der Waals surface area contributed by atoms with Gasteiger partial charge in [0.2, 0.25) is 5.95 Å². The van der Waals surface area contributed by atoms with E-state index in [1.165, 1.54) is 5.56 Å². The number of nitrogen functional groups attached to an aromatic ring is 1. The predicted octanol–water partition coefficient (Wildman–Crippen LogP) is 4.13. The lowest BCUT2D eigenvalue weighted by molar-refractivity contribution is 0.312. The van der Waals surface area contributed by atoms with Gasteiger partial charge in [0.15, 0.2) is 0 Å². The fraction of sp³-hybridized carbons (Fsp3) is 0.300. The Labute approximate surface area is 142 Å². The molecule has 0 aliphatic rings. The molecule has 2 aromatic carbocycles. The fourth-order valence-electron chi connectivity index (χ4n) is 2.82. The molecule has 4 nitrogen and oxygen atoms in total. The summed E-state index contributed by atoms with van der Waals surface area (Å²) in [5.41, 5.74) is 8.87. The van der Waals surface area contributed by atoms with Crippen molar-refractivity contribution in [2.75, 3.05) is 12.3 Å². The van der Waals surface area contributed by atoms with Crippen molar-refractivity contribution in [1.29, 1.82) is 0 Å². The molecular weight excluding hydrogens is 298 g/mol. The van der Waals surface area contributed by atoms with Crippen LogP contribution >= 0.6 is 0 Å². The van der Waals surface area contributed by atoms with E-state index in [-0.39, 0.29) is 5.41 Å². The quantitative estimate of drug-likeness (QED) is 0.785. The first kappa shape index (κ1) is 16.2. The van der Waals surface area contributed by atoms with E-state index in [2.05, 4.69) is 36.8 Å². The minimum atomic E-state index is 0.0443. The Bertz CT molecular complexity index is 853. The first-order chi connectivity index (χ1) is 11.4. The highest BCUT2D eigenvalue weighted by atomic mass is 16.5. The summed E-state index contributed by atoms with van der Waals surface area (Å²) >= 11 is 0. The number of para-hydroxylation sites is 2. The zero-order valence-electron chi connectivity index (χ0n) is 14.4. The van der Waals surface area contributed by atoms with Gasteiger partial charge in [-0.25, -0.2) is 9.97 Å². The molecule has 3 rings (SSSR count). The van der Waals surface area contributed by atoms with Gasteiger partial charge in [-0.05, 0) is 23.1 Å². The van der Waals surface area contributed by atoms with Crippen LogP contribution in [0.3, 0.4) is 0 Å². The standard InChI is InChI=1S/C20H23N3O/c1-20(2,3)15-9-5-7-11-18(15)24-13-12-17-14-8-4-6-10-16(14)22-19(21)23-17/h4-11H,12-13H2,1-3H3,(H2,21,22,23). The lowest BCUT2D eigenvalue weighted by atomic mass is 9.86. The normalized spacial score (nSPS) is 11.6. The molecule has 0 atom stereocenters. The van der Waals surface area contributed by atoms with Crippen LogP contribution in [-0.2, 0) is 11.8 Å². The number of hydrogen-bond acceptors (Lipinski definition) is 4. The minimum absolute atomic E-state index is 0.0443. The van der Waals surface area contributed by atoms with Crippen molar-refractivity contribution in [3.05, 3.63) is 59.8 Å². The molecule has 4 heteroatoms. The van der Waals surface area contributed by atoms with Crippen LogP contribution in [0.5, 0.6) is 5.75 Å². The van der Waals surface area contributed by atoms with Crippen molar-refractivity contribution in [1.82, 2.24) is 9.97 Å². The number of rotatable bonds is 4. The molecule has 0 amide bonds. The van der Waals surface area contributed by atoms with Crippen molar-refractivity contribution in [3.8, 4) is 5.75 Å². The van der Waals surface area contributed by atoms with Gasteiger partial charge in [0.25, 0.3) is 0 Å². The van der Waals surface area contributed by atoms with Crippen molar-refractivity contribution in [2.24, 2.45) is 0 Å². The smallest absolute Gasteiger partial charge is 0.220 e. The van der Waals surface area contributed by atoms with Gasteiger partial charge in [-0.2, -0.15) is 0 Å². The average Bonchev–Trinajstić information content (AvgIpc) is 2.54. The number of anilines is 1. The van der Waals surface area contributed by atoms with Gasteiger partial charge in [-0.1, -0.05) is 57.2 Å². The molecule has 0 saturated heterocycles. The molecule has 3 aromatic rings. The van der Waals surface area contributed by atoms with E-state index >= 15 is 0 Å². The highest BCUT2D eigenvalue weighted by Gasteiger charge is 2.18. The minimum Gasteiger partial charge on any atom is -0.493 e. The first-order valence-electron chi connectivity index (χ1n) is 8.18. The molecule has 0 unspecified atom stereocenters. The van der Waals surface area contributed by atoms with Crippen molar-refractivity contribution in [2.45, 2.75) is 32.6 Å². The maximum Gasteiger partial charge on any atom is 0.220 e. The second-order valence-corrected chi connectivity index (χ2v) is 6.89. The van der Waals surface area contributed by atoms with Gasteiger partial charge >= 0.3 is 0 Å². The molecule has 24 heavy (non-hydrogen) atoms. The van der Waals surface area contributed by atoms with E-state index in [4.69, 9.17) is 10.5 Å². The maximum absolute atomic E-state index is 6.06. The number of benzene rings is 2. The van der Waals surface area contributed by atoms with Gasteiger partial charge in [-0.15, -0.1) is 0 Å². The Morgan fingerprint density at radius 3 is 2.46 bits per heavy atom.